The Bertz CT molecular complexity index is 477. The monoisotopic (exact) mass is 252 g/mol. The summed E-state index contributed by atoms with van der Waals surface area (Å²) >= 11 is 0. The molecular weight excluding hydrogens is 236 g/mol. The standard InChI is InChI=1S/C12H16N2O4/c15-8-1-2-9-10(12(16)17)13-11(14(9)5-8)7-3-4-18-6-7/h7-8,15H,1-6H2,(H,16,17). The molecule has 2 atom stereocenters. The van der Waals surface area contributed by atoms with Gasteiger partial charge in [-0.25, -0.2) is 9.78 Å². The van der Waals surface area contributed by atoms with Crippen LogP contribution in [0.5, 0.6) is 0 Å². The number of fused-ring (bicyclic) bond motifs is 1. The van der Waals surface area contributed by atoms with Gasteiger partial charge in [0.2, 0.25) is 0 Å². The maximum atomic E-state index is 11.2. The van der Waals surface area contributed by atoms with Gasteiger partial charge < -0.3 is 19.5 Å². The van der Waals surface area contributed by atoms with Crippen molar-refractivity contribution in [2.45, 2.75) is 37.8 Å². The molecule has 0 radical (unpaired) electrons. The lowest BCUT2D eigenvalue weighted by Gasteiger charge is -2.23. The molecule has 6 nitrogen and oxygen atoms in total. The first kappa shape index (κ1) is 11.7. The minimum absolute atomic E-state index is 0.142. The number of hydrogen-bond donors (Lipinski definition) is 2. The molecule has 2 aliphatic rings. The van der Waals surface area contributed by atoms with Crippen molar-refractivity contribution >= 4 is 5.97 Å². The summed E-state index contributed by atoms with van der Waals surface area (Å²) in [6.07, 6.45) is 1.64. The fraction of sp³-hybridized carbons (Fsp3) is 0.667. The van der Waals surface area contributed by atoms with Crippen LogP contribution >= 0.6 is 0 Å². The molecule has 0 spiro atoms. The van der Waals surface area contributed by atoms with E-state index in [2.05, 4.69) is 4.98 Å². The minimum atomic E-state index is -0.986. The fourth-order valence-corrected chi connectivity index (χ4v) is 2.79. The third-order valence-electron chi connectivity index (χ3n) is 3.71. The van der Waals surface area contributed by atoms with Crippen LogP contribution in [0.1, 0.15) is 40.8 Å². The number of aromatic nitrogens is 2. The van der Waals surface area contributed by atoms with Crippen molar-refractivity contribution in [3.05, 3.63) is 17.2 Å². The molecule has 0 amide bonds. The first-order valence-electron chi connectivity index (χ1n) is 6.25. The quantitative estimate of drug-likeness (QED) is 0.795. The zero-order chi connectivity index (χ0) is 12.7. The molecule has 0 saturated carbocycles. The van der Waals surface area contributed by atoms with Crippen LogP contribution in [0, 0.1) is 0 Å². The maximum Gasteiger partial charge on any atom is 0.356 e. The van der Waals surface area contributed by atoms with Gasteiger partial charge in [-0.05, 0) is 19.3 Å². The average Bonchev–Trinajstić information content (AvgIpc) is 2.93. The molecule has 18 heavy (non-hydrogen) atoms. The Morgan fingerprint density at radius 3 is 2.94 bits per heavy atom. The summed E-state index contributed by atoms with van der Waals surface area (Å²) in [4.78, 5) is 15.5. The number of carbonyl (C=O) groups is 1. The van der Waals surface area contributed by atoms with E-state index in [0.29, 0.717) is 32.6 Å². The molecule has 1 aromatic rings. The lowest BCUT2D eigenvalue weighted by molar-refractivity contribution is 0.0686. The lowest BCUT2D eigenvalue weighted by Crippen LogP contribution is -2.26. The van der Waals surface area contributed by atoms with E-state index < -0.39 is 12.1 Å². The molecule has 2 aliphatic heterocycles. The van der Waals surface area contributed by atoms with Crippen LogP contribution in [0.4, 0.5) is 0 Å². The van der Waals surface area contributed by atoms with Gasteiger partial charge in [-0.15, -0.1) is 0 Å². The summed E-state index contributed by atoms with van der Waals surface area (Å²) in [5.41, 5.74) is 0.888. The highest BCUT2D eigenvalue weighted by Gasteiger charge is 2.31. The normalized spacial score (nSPS) is 27.2. The Morgan fingerprint density at radius 2 is 2.28 bits per heavy atom. The second-order valence-electron chi connectivity index (χ2n) is 4.93. The number of nitrogens with zero attached hydrogens (tertiary/aromatic N) is 2. The lowest BCUT2D eigenvalue weighted by atomic mass is 10.0. The number of imidazole rings is 1. The van der Waals surface area contributed by atoms with Gasteiger partial charge in [0.15, 0.2) is 5.69 Å². The number of carboxylic acid groups (broad SMARTS) is 1. The SMILES string of the molecule is O=C(O)c1nc(C2CCOC2)n2c1CCC(O)C2. The third kappa shape index (κ3) is 1.81. The van der Waals surface area contributed by atoms with E-state index in [0.717, 1.165) is 17.9 Å². The van der Waals surface area contributed by atoms with E-state index in [9.17, 15) is 15.0 Å². The molecule has 98 valence electrons. The Balaban J connectivity index is 2.05. The summed E-state index contributed by atoms with van der Waals surface area (Å²) in [6.45, 7) is 1.73. The highest BCUT2D eigenvalue weighted by atomic mass is 16.5. The van der Waals surface area contributed by atoms with Crippen molar-refractivity contribution < 1.29 is 19.7 Å². The van der Waals surface area contributed by atoms with Gasteiger partial charge in [0.25, 0.3) is 0 Å². The summed E-state index contributed by atoms with van der Waals surface area (Å²) in [7, 11) is 0. The molecule has 0 bridgehead atoms. The van der Waals surface area contributed by atoms with Crippen LogP contribution in [0.2, 0.25) is 0 Å². The van der Waals surface area contributed by atoms with Gasteiger partial charge in [-0.1, -0.05) is 0 Å². The summed E-state index contributed by atoms with van der Waals surface area (Å²) in [5, 5.41) is 18.9. The van der Waals surface area contributed by atoms with Gasteiger partial charge in [0, 0.05) is 12.5 Å². The van der Waals surface area contributed by atoms with E-state index in [-0.39, 0.29) is 11.6 Å². The first-order chi connectivity index (χ1) is 8.66. The first-order valence-corrected chi connectivity index (χ1v) is 6.25. The molecule has 0 aromatic carbocycles. The predicted molar refractivity (Wildman–Crippen MR) is 61.7 cm³/mol. The molecule has 3 rings (SSSR count). The topological polar surface area (TPSA) is 84.6 Å². The van der Waals surface area contributed by atoms with E-state index in [1.807, 2.05) is 4.57 Å². The molecular formula is C12H16N2O4. The number of aliphatic hydroxyl groups excluding tert-OH is 1. The van der Waals surface area contributed by atoms with Crippen molar-refractivity contribution in [3.63, 3.8) is 0 Å². The van der Waals surface area contributed by atoms with Crippen molar-refractivity contribution in [2.75, 3.05) is 13.2 Å². The van der Waals surface area contributed by atoms with Gasteiger partial charge in [-0.2, -0.15) is 0 Å². The zero-order valence-electron chi connectivity index (χ0n) is 10.0. The Kier molecular flexibility index (Phi) is 2.83. The Hall–Kier alpha value is -1.40. The number of carboxylic acids is 1. The van der Waals surface area contributed by atoms with Crippen LogP contribution in [-0.4, -0.2) is 45.1 Å². The van der Waals surface area contributed by atoms with E-state index in [1.54, 1.807) is 0 Å². The molecule has 0 aliphatic carbocycles. The van der Waals surface area contributed by atoms with Crippen molar-refractivity contribution in [1.29, 1.82) is 0 Å². The van der Waals surface area contributed by atoms with E-state index in [4.69, 9.17) is 4.74 Å². The number of aromatic carboxylic acids is 1. The van der Waals surface area contributed by atoms with Crippen LogP contribution < -0.4 is 0 Å². The fourth-order valence-electron chi connectivity index (χ4n) is 2.79. The smallest absolute Gasteiger partial charge is 0.356 e. The summed E-state index contributed by atoms with van der Waals surface area (Å²) < 4.78 is 7.22. The van der Waals surface area contributed by atoms with Gasteiger partial charge >= 0.3 is 5.97 Å². The van der Waals surface area contributed by atoms with Crippen LogP contribution in [0.15, 0.2) is 0 Å². The summed E-state index contributed by atoms with van der Waals surface area (Å²) in [6, 6.07) is 0. The minimum Gasteiger partial charge on any atom is -0.476 e. The highest BCUT2D eigenvalue weighted by molar-refractivity contribution is 5.87. The van der Waals surface area contributed by atoms with Gasteiger partial charge in [-0.3, -0.25) is 0 Å². The average molecular weight is 252 g/mol. The van der Waals surface area contributed by atoms with Crippen molar-refractivity contribution in [2.24, 2.45) is 0 Å². The van der Waals surface area contributed by atoms with Crippen molar-refractivity contribution in [1.82, 2.24) is 9.55 Å². The molecule has 2 unspecified atom stereocenters. The van der Waals surface area contributed by atoms with Gasteiger partial charge in [0.05, 0.1) is 24.9 Å². The van der Waals surface area contributed by atoms with E-state index in [1.165, 1.54) is 0 Å². The highest BCUT2D eigenvalue weighted by Crippen LogP contribution is 2.30. The third-order valence-corrected chi connectivity index (χ3v) is 3.71. The van der Waals surface area contributed by atoms with E-state index >= 15 is 0 Å². The van der Waals surface area contributed by atoms with Gasteiger partial charge in [0.1, 0.15) is 5.82 Å². The molecule has 1 aromatic heterocycles. The largest absolute Gasteiger partial charge is 0.476 e. The predicted octanol–water partition coefficient (Wildman–Crippen LogP) is 0.392. The van der Waals surface area contributed by atoms with Crippen molar-refractivity contribution in [3.8, 4) is 0 Å². The van der Waals surface area contributed by atoms with Crippen LogP contribution in [0.25, 0.3) is 0 Å². The number of ether oxygens (including phenoxy) is 1. The molecule has 3 heterocycles. The van der Waals surface area contributed by atoms with Crippen LogP contribution in [0.3, 0.4) is 0 Å². The number of rotatable bonds is 2. The Morgan fingerprint density at radius 1 is 1.44 bits per heavy atom. The summed E-state index contributed by atoms with van der Waals surface area (Å²) in [5.74, 6) is -0.0684. The zero-order valence-corrected chi connectivity index (χ0v) is 10.0. The molecule has 1 saturated heterocycles. The molecule has 1 fully saturated rings. The molecule has 6 heteroatoms. The number of aliphatic hydroxyl groups is 1. The molecule has 2 N–H and O–H groups in total. The van der Waals surface area contributed by atoms with Crippen LogP contribution in [-0.2, 0) is 17.7 Å². The Labute approximate surface area is 104 Å². The number of hydrogen-bond acceptors (Lipinski definition) is 4. The second-order valence-corrected chi connectivity index (χ2v) is 4.93. The second kappa shape index (κ2) is 4.37. The maximum absolute atomic E-state index is 11.2.